The van der Waals surface area contributed by atoms with Gasteiger partial charge in [0.15, 0.2) is 0 Å². The van der Waals surface area contributed by atoms with Crippen LogP contribution in [0.15, 0.2) is 206 Å². The number of anilines is 3. The van der Waals surface area contributed by atoms with E-state index in [1.807, 2.05) is 11.3 Å². The van der Waals surface area contributed by atoms with Gasteiger partial charge in [0, 0.05) is 53.4 Å². The fourth-order valence-electron chi connectivity index (χ4n) is 8.35. The van der Waals surface area contributed by atoms with Gasteiger partial charge in [-0.3, -0.25) is 0 Å². The first-order chi connectivity index (χ1) is 27.3. The van der Waals surface area contributed by atoms with Crippen LogP contribution in [0, 0.1) is 0 Å². The van der Waals surface area contributed by atoms with Crippen molar-refractivity contribution >= 4 is 81.1 Å². The third-order valence-electron chi connectivity index (χ3n) is 11.0. The van der Waals surface area contributed by atoms with Crippen LogP contribution in [-0.2, 0) is 0 Å². The topological polar surface area (TPSA) is 8.17 Å². The monoisotopic (exact) mass is 718 g/mol. The Balaban J connectivity index is 1.02. The summed E-state index contributed by atoms with van der Waals surface area (Å²) in [7, 11) is 0. The highest BCUT2D eigenvalue weighted by Crippen LogP contribution is 2.42. The summed E-state index contributed by atoms with van der Waals surface area (Å²) in [5.41, 5.74) is 11.8. The number of rotatable bonds is 6. The summed E-state index contributed by atoms with van der Waals surface area (Å²) in [6.45, 7) is 0. The normalized spacial score (nSPS) is 11.6. The Morgan fingerprint density at radius 1 is 0.327 bits per heavy atom. The van der Waals surface area contributed by atoms with Crippen LogP contribution < -0.4 is 4.90 Å². The van der Waals surface area contributed by atoms with Gasteiger partial charge in [-0.15, -0.1) is 11.3 Å². The largest absolute Gasteiger partial charge is 0.310 e. The second-order valence-corrected chi connectivity index (χ2v) is 15.2. The standard InChI is InChI=1S/C52H34N2S/c1-2-11-35(12-3-1)36-21-26-40(27-22-36)53(42-30-32-52-47(34-42)45-17-7-9-20-51(45)55-52)41-28-23-37(24-29-41)39-25-31-50-46(33-39)44-16-6-8-18-49(44)54(50)48-19-10-14-38-13-4-5-15-43(38)48/h1-34H. The van der Waals surface area contributed by atoms with Gasteiger partial charge in [0.1, 0.15) is 0 Å². The minimum atomic E-state index is 1.11. The third-order valence-corrected chi connectivity index (χ3v) is 12.1. The Bertz CT molecular complexity index is 3180. The minimum absolute atomic E-state index is 1.11. The van der Waals surface area contributed by atoms with Crippen molar-refractivity contribution in [1.29, 1.82) is 0 Å². The maximum atomic E-state index is 2.42. The van der Waals surface area contributed by atoms with Crippen LogP contribution in [0.4, 0.5) is 17.1 Å². The van der Waals surface area contributed by atoms with Crippen molar-refractivity contribution in [1.82, 2.24) is 4.57 Å². The highest BCUT2D eigenvalue weighted by Gasteiger charge is 2.17. The smallest absolute Gasteiger partial charge is 0.0541 e. The molecule has 0 aliphatic rings. The Kier molecular flexibility index (Phi) is 7.39. The lowest BCUT2D eigenvalue weighted by Crippen LogP contribution is -2.09. The summed E-state index contributed by atoms with van der Waals surface area (Å²) in [4.78, 5) is 2.38. The predicted octanol–water partition coefficient (Wildman–Crippen LogP) is 15.1. The number of hydrogen-bond acceptors (Lipinski definition) is 2. The van der Waals surface area contributed by atoms with Gasteiger partial charge in [0.2, 0.25) is 0 Å². The van der Waals surface area contributed by atoms with E-state index in [1.54, 1.807) is 0 Å². The number of hydrogen-bond donors (Lipinski definition) is 0. The number of thiophene rings is 1. The molecular weight excluding hydrogens is 685 g/mol. The van der Waals surface area contributed by atoms with Gasteiger partial charge in [0.25, 0.3) is 0 Å². The molecule has 9 aromatic carbocycles. The summed E-state index contributed by atoms with van der Waals surface area (Å²) < 4.78 is 5.04. The fraction of sp³-hybridized carbons (Fsp3) is 0. The predicted molar refractivity (Wildman–Crippen MR) is 237 cm³/mol. The van der Waals surface area contributed by atoms with Gasteiger partial charge in [-0.2, -0.15) is 0 Å². The van der Waals surface area contributed by atoms with Crippen LogP contribution in [0.3, 0.4) is 0 Å². The molecule has 55 heavy (non-hydrogen) atoms. The van der Waals surface area contributed by atoms with E-state index < -0.39 is 0 Å². The van der Waals surface area contributed by atoms with Gasteiger partial charge >= 0.3 is 0 Å². The number of aromatic nitrogens is 1. The zero-order chi connectivity index (χ0) is 36.3. The maximum Gasteiger partial charge on any atom is 0.0541 e. The van der Waals surface area contributed by atoms with Crippen LogP contribution >= 0.6 is 11.3 Å². The maximum absolute atomic E-state index is 2.42. The van der Waals surface area contributed by atoms with Crippen molar-refractivity contribution in [3.63, 3.8) is 0 Å². The lowest BCUT2D eigenvalue weighted by atomic mass is 10.0. The van der Waals surface area contributed by atoms with Gasteiger partial charge in [-0.1, -0.05) is 133 Å². The fourth-order valence-corrected chi connectivity index (χ4v) is 9.44. The van der Waals surface area contributed by atoms with Gasteiger partial charge in [0.05, 0.1) is 16.7 Å². The van der Waals surface area contributed by atoms with Crippen molar-refractivity contribution in [2.24, 2.45) is 0 Å². The Labute approximate surface area is 323 Å². The number of para-hydroxylation sites is 1. The molecule has 0 aliphatic heterocycles. The summed E-state index contributed by atoms with van der Waals surface area (Å²) in [5, 5.41) is 7.59. The molecule has 0 radical (unpaired) electrons. The second-order valence-electron chi connectivity index (χ2n) is 14.2. The number of fused-ring (bicyclic) bond motifs is 7. The third kappa shape index (κ3) is 5.32. The van der Waals surface area contributed by atoms with E-state index in [2.05, 4.69) is 216 Å². The minimum Gasteiger partial charge on any atom is -0.310 e. The van der Waals surface area contributed by atoms with Crippen LogP contribution in [0.5, 0.6) is 0 Å². The molecule has 0 fully saturated rings. The van der Waals surface area contributed by atoms with Gasteiger partial charge < -0.3 is 9.47 Å². The van der Waals surface area contributed by atoms with E-state index in [9.17, 15) is 0 Å². The van der Waals surface area contributed by atoms with Crippen LogP contribution in [-0.4, -0.2) is 4.57 Å². The average Bonchev–Trinajstić information content (AvgIpc) is 3.79. The van der Waals surface area contributed by atoms with Gasteiger partial charge in [-0.05, 0) is 100 Å². The Hall–Kier alpha value is -6.94. The second kappa shape index (κ2) is 12.9. The van der Waals surface area contributed by atoms with Crippen LogP contribution in [0.25, 0.3) is 80.7 Å². The zero-order valence-corrected chi connectivity index (χ0v) is 30.7. The van der Waals surface area contributed by atoms with Crippen LogP contribution in [0.2, 0.25) is 0 Å². The molecule has 258 valence electrons. The van der Waals surface area contributed by atoms with E-state index in [0.29, 0.717) is 0 Å². The van der Waals surface area contributed by atoms with Crippen molar-refractivity contribution in [2.75, 3.05) is 4.90 Å². The SMILES string of the molecule is c1ccc(-c2ccc(N(c3ccc(-c4ccc5c(c4)c4ccccc4n5-c4cccc5ccccc45)cc3)c3ccc4sc5ccccc5c4c3)cc2)cc1. The first kappa shape index (κ1) is 31.6. The number of benzene rings is 9. The molecule has 0 N–H and O–H groups in total. The lowest BCUT2D eigenvalue weighted by Gasteiger charge is -2.26. The lowest BCUT2D eigenvalue weighted by molar-refractivity contribution is 1.20. The molecule has 0 spiro atoms. The van der Waals surface area contributed by atoms with Gasteiger partial charge in [-0.25, -0.2) is 0 Å². The van der Waals surface area contributed by atoms with E-state index in [4.69, 9.17) is 0 Å². The van der Waals surface area contributed by atoms with Crippen molar-refractivity contribution in [3.8, 4) is 27.9 Å². The first-order valence-electron chi connectivity index (χ1n) is 18.8. The first-order valence-corrected chi connectivity index (χ1v) is 19.6. The molecule has 0 amide bonds. The zero-order valence-electron chi connectivity index (χ0n) is 29.9. The molecule has 3 heteroatoms. The highest BCUT2D eigenvalue weighted by molar-refractivity contribution is 7.25. The molecular formula is C52H34N2S. The molecule has 0 saturated carbocycles. The molecule has 11 aromatic rings. The molecule has 11 rings (SSSR count). The van der Waals surface area contributed by atoms with E-state index in [1.165, 1.54) is 80.7 Å². The van der Waals surface area contributed by atoms with Crippen LogP contribution in [0.1, 0.15) is 0 Å². The molecule has 0 saturated heterocycles. The highest BCUT2D eigenvalue weighted by atomic mass is 32.1. The molecule has 2 heterocycles. The summed E-state index contributed by atoms with van der Waals surface area (Å²) in [6, 6.07) is 75.2. The summed E-state index contributed by atoms with van der Waals surface area (Å²) >= 11 is 1.85. The molecule has 2 aromatic heterocycles. The summed E-state index contributed by atoms with van der Waals surface area (Å²) in [5.74, 6) is 0. The van der Waals surface area contributed by atoms with E-state index >= 15 is 0 Å². The Morgan fingerprint density at radius 3 is 1.69 bits per heavy atom. The molecule has 2 nitrogen and oxygen atoms in total. The number of nitrogens with zero attached hydrogens (tertiary/aromatic N) is 2. The summed E-state index contributed by atoms with van der Waals surface area (Å²) in [6.07, 6.45) is 0. The quantitative estimate of drug-likeness (QED) is 0.166. The van der Waals surface area contributed by atoms with E-state index in [0.717, 1.165) is 17.1 Å². The van der Waals surface area contributed by atoms with Crippen molar-refractivity contribution < 1.29 is 0 Å². The van der Waals surface area contributed by atoms with Crippen molar-refractivity contribution in [3.05, 3.63) is 206 Å². The molecule has 0 bridgehead atoms. The molecule has 0 unspecified atom stereocenters. The average molecular weight is 719 g/mol. The Morgan fingerprint density at radius 2 is 0.891 bits per heavy atom. The molecule has 0 atom stereocenters. The molecule has 0 aliphatic carbocycles. The van der Waals surface area contributed by atoms with Crippen molar-refractivity contribution in [2.45, 2.75) is 0 Å². The van der Waals surface area contributed by atoms with E-state index in [-0.39, 0.29) is 0 Å².